The van der Waals surface area contributed by atoms with Crippen LogP contribution in [0.2, 0.25) is 0 Å². The van der Waals surface area contributed by atoms with Crippen molar-refractivity contribution in [3.63, 3.8) is 0 Å². The lowest BCUT2D eigenvalue weighted by atomic mass is 10.1. The molecule has 0 radical (unpaired) electrons. The second kappa shape index (κ2) is 6.16. The molecule has 4 rings (SSSR count). The van der Waals surface area contributed by atoms with Gasteiger partial charge in [0.2, 0.25) is 5.95 Å². The van der Waals surface area contributed by atoms with E-state index in [1.165, 1.54) is 12.8 Å². The number of H-pyrrole nitrogens is 1. The molecule has 25 heavy (non-hydrogen) atoms. The number of carbonyl (C=O) groups excluding carboxylic acids is 1. The van der Waals surface area contributed by atoms with Crippen LogP contribution in [-0.2, 0) is 0 Å². The quantitative estimate of drug-likeness (QED) is 0.748. The number of hydrogen-bond donors (Lipinski definition) is 2. The molecule has 0 aromatic carbocycles. The van der Waals surface area contributed by atoms with Gasteiger partial charge in [0.05, 0.1) is 23.7 Å². The fourth-order valence-corrected chi connectivity index (χ4v) is 2.93. The summed E-state index contributed by atoms with van der Waals surface area (Å²) in [4.78, 5) is 24.5. The summed E-state index contributed by atoms with van der Waals surface area (Å²) in [7, 11) is 0. The van der Waals surface area contributed by atoms with Crippen LogP contribution in [0.25, 0.3) is 5.82 Å². The predicted molar refractivity (Wildman–Crippen MR) is 94.0 cm³/mol. The number of aromatic amines is 1. The maximum Gasteiger partial charge on any atom is 0.261 e. The lowest BCUT2D eigenvalue weighted by Crippen LogP contribution is -2.16. The van der Waals surface area contributed by atoms with Crippen LogP contribution in [0.3, 0.4) is 0 Å². The Hall–Kier alpha value is -2.96. The van der Waals surface area contributed by atoms with E-state index in [4.69, 9.17) is 0 Å². The van der Waals surface area contributed by atoms with Crippen molar-refractivity contribution in [2.24, 2.45) is 0 Å². The van der Waals surface area contributed by atoms with Crippen LogP contribution in [0.15, 0.2) is 36.8 Å². The molecule has 1 fully saturated rings. The third kappa shape index (κ3) is 3.05. The second-order valence-electron chi connectivity index (χ2n) is 6.61. The van der Waals surface area contributed by atoms with E-state index in [9.17, 15) is 4.79 Å². The molecule has 3 heterocycles. The van der Waals surface area contributed by atoms with Crippen LogP contribution >= 0.6 is 0 Å². The summed E-state index contributed by atoms with van der Waals surface area (Å²) in [5.41, 5.74) is 2.44. The molecule has 0 unspecified atom stereocenters. The van der Waals surface area contributed by atoms with Crippen molar-refractivity contribution in [1.29, 1.82) is 0 Å². The summed E-state index contributed by atoms with van der Waals surface area (Å²) >= 11 is 0. The molecule has 128 valence electrons. The van der Waals surface area contributed by atoms with Gasteiger partial charge >= 0.3 is 0 Å². The number of anilines is 1. The van der Waals surface area contributed by atoms with Gasteiger partial charge in [-0.1, -0.05) is 19.9 Å². The molecule has 1 saturated carbocycles. The Morgan fingerprint density at radius 1 is 1.28 bits per heavy atom. The van der Waals surface area contributed by atoms with Gasteiger partial charge in [0.1, 0.15) is 0 Å². The zero-order chi connectivity index (χ0) is 17.4. The van der Waals surface area contributed by atoms with Crippen LogP contribution < -0.4 is 5.32 Å². The molecule has 3 aromatic heterocycles. The van der Waals surface area contributed by atoms with Gasteiger partial charge in [-0.2, -0.15) is 5.10 Å². The number of amides is 1. The van der Waals surface area contributed by atoms with Crippen LogP contribution in [-0.4, -0.2) is 30.6 Å². The van der Waals surface area contributed by atoms with Crippen molar-refractivity contribution < 1.29 is 4.79 Å². The zero-order valence-corrected chi connectivity index (χ0v) is 14.2. The Kier molecular flexibility index (Phi) is 3.83. The monoisotopic (exact) mass is 336 g/mol. The maximum atomic E-state index is 12.7. The van der Waals surface area contributed by atoms with E-state index in [2.05, 4.69) is 25.4 Å². The molecule has 3 aromatic rings. The van der Waals surface area contributed by atoms with Gasteiger partial charge in [0.25, 0.3) is 5.91 Å². The highest BCUT2D eigenvalue weighted by atomic mass is 16.1. The van der Waals surface area contributed by atoms with E-state index in [-0.39, 0.29) is 11.8 Å². The first-order valence-electron chi connectivity index (χ1n) is 8.49. The van der Waals surface area contributed by atoms with Gasteiger partial charge in [0, 0.05) is 17.8 Å². The molecule has 7 heteroatoms. The first kappa shape index (κ1) is 15.6. The zero-order valence-electron chi connectivity index (χ0n) is 14.2. The molecule has 0 spiro atoms. The maximum absolute atomic E-state index is 12.7. The van der Waals surface area contributed by atoms with Gasteiger partial charge < -0.3 is 4.98 Å². The van der Waals surface area contributed by atoms with Crippen molar-refractivity contribution in [2.75, 3.05) is 5.32 Å². The molecule has 0 atom stereocenters. The second-order valence-corrected chi connectivity index (χ2v) is 6.61. The molecule has 1 aliphatic rings. The number of hydrogen-bond acceptors (Lipinski definition) is 4. The van der Waals surface area contributed by atoms with E-state index >= 15 is 0 Å². The van der Waals surface area contributed by atoms with E-state index in [0.717, 1.165) is 11.4 Å². The van der Waals surface area contributed by atoms with Crippen LogP contribution in [0.4, 0.5) is 5.95 Å². The standard InChI is InChI=1S/C18H20N6O/c1-11(2)16-13(9-21-24(16)15-5-3-4-8-19-15)17(25)23-18-20-10-14(22-18)12-6-7-12/h3-5,8-12H,6-7H2,1-2H3,(H2,20,22,23,25). The van der Waals surface area contributed by atoms with Crippen LogP contribution in [0.1, 0.15) is 60.3 Å². The molecule has 0 aliphatic heterocycles. The number of carbonyl (C=O) groups is 1. The Morgan fingerprint density at radius 2 is 2.12 bits per heavy atom. The summed E-state index contributed by atoms with van der Waals surface area (Å²) in [6, 6.07) is 5.62. The molecular weight excluding hydrogens is 316 g/mol. The lowest BCUT2D eigenvalue weighted by molar-refractivity contribution is 0.102. The molecule has 1 amide bonds. The van der Waals surface area contributed by atoms with Gasteiger partial charge in [0.15, 0.2) is 5.82 Å². The highest BCUT2D eigenvalue weighted by molar-refractivity contribution is 6.04. The van der Waals surface area contributed by atoms with Gasteiger partial charge in [-0.05, 0) is 30.9 Å². The molecule has 0 saturated heterocycles. The number of nitrogens with one attached hydrogen (secondary N) is 2. The Morgan fingerprint density at radius 3 is 2.80 bits per heavy atom. The highest BCUT2D eigenvalue weighted by Gasteiger charge is 2.26. The summed E-state index contributed by atoms with van der Waals surface area (Å²) < 4.78 is 1.72. The molecule has 2 N–H and O–H groups in total. The van der Waals surface area contributed by atoms with Crippen molar-refractivity contribution in [3.8, 4) is 5.82 Å². The number of pyridine rings is 1. The predicted octanol–water partition coefficient (Wildman–Crippen LogP) is 3.24. The Balaban J connectivity index is 1.62. The third-order valence-corrected chi connectivity index (χ3v) is 4.31. The lowest BCUT2D eigenvalue weighted by Gasteiger charge is -2.11. The average molecular weight is 336 g/mol. The average Bonchev–Trinajstić information content (AvgIpc) is 3.19. The normalized spacial score (nSPS) is 14.0. The molecular formula is C18H20N6O. The summed E-state index contributed by atoms with van der Waals surface area (Å²) in [6.07, 6.45) is 7.47. The highest BCUT2D eigenvalue weighted by Crippen LogP contribution is 2.39. The SMILES string of the molecule is CC(C)c1c(C(=O)Nc2ncc(C3CC3)[nH]2)cnn1-c1ccccn1. The van der Waals surface area contributed by atoms with E-state index in [1.807, 2.05) is 32.0 Å². The summed E-state index contributed by atoms with van der Waals surface area (Å²) in [5, 5.41) is 7.22. The van der Waals surface area contributed by atoms with E-state index in [0.29, 0.717) is 23.2 Å². The smallest absolute Gasteiger partial charge is 0.261 e. The fourth-order valence-electron chi connectivity index (χ4n) is 2.93. The van der Waals surface area contributed by atoms with Crippen molar-refractivity contribution in [3.05, 3.63) is 53.7 Å². The summed E-state index contributed by atoms with van der Waals surface area (Å²) in [5.74, 6) is 1.63. The van der Waals surface area contributed by atoms with E-state index < -0.39 is 0 Å². The topological polar surface area (TPSA) is 88.5 Å². The number of aromatic nitrogens is 5. The molecule has 7 nitrogen and oxygen atoms in total. The third-order valence-electron chi connectivity index (χ3n) is 4.31. The van der Waals surface area contributed by atoms with Gasteiger partial charge in [-0.15, -0.1) is 0 Å². The van der Waals surface area contributed by atoms with E-state index in [1.54, 1.807) is 23.3 Å². The van der Waals surface area contributed by atoms with Crippen LogP contribution in [0, 0.1) is 0 Å². The van der Waals surface area contributed by atoms with Crippen molar-refractivity contribution in [1.82, 2.24) is 24.7 Å². The number of imidazole rings is 1. The van der Waals surface area contributed by atoms with Gasteiger partial charge in [-0.25, -0.2) is 14.6 Å². The molecule has 0 bridgehead atoms. The minimum Gasteiger partial charge on any atom is -0.328 e. The Bertz CT molecular complexity index is 891. The van der Waals surface area contributed by atoms with Gasteiger partial charge in [-0.3, -0.25) is 10.1 Å². The van der Waals surface area contributed by atoms with Crippen molar-refractivity contribution in [2.45, 2.75) is 38.5 Å². The number of nitrogens with zero attached hydrogens (tertiary/aromatic N) is 4. The minimum absolute atomic E-state index is 0.115. The summed E-state index contributed by atoms with van der Waals surface area (Å²) in [6.45, 7) is 4.07. The molecule has 1 aliphatic carbocycles. The first-order chi connectivity index (χ1) is 12.1. The first-order valence-corrected chi connectivity index (χ1v) is 8.49. The van der Waals surface area contributed by atoms with Crippen molar-refractivity contribution >= 4 is 11.9 Å². The minimum atomic E-state index is -0.220. The fraction of sp³-hybridized carbons (Fsp3) is 0.333. The largest absolute Gasteiger partial charge is 0.328 e. The van der Waals surface area contributed by atoms with Crippen LogP contribution in [0.5, 0.6) is 0 Å². The Labute approximate surface area is 145 Å². The number of rotatable bonds is 5.